The third kappa shape index (κ3) is 5.97. The molecule has 3 aromatic rings. The molecule has 0 spiro atoms. The van der Waals surface area contributed by atoms with Crippen LogP contribution in [0.5, 0.6) is 0 Å². The van der Waals surface area contributed by atoms with Crippen molar-refractivity contribution < 1.29 is 9.59 Å². The van der Waals surface area contributed by atoms with Gasteiger partial charge in [0.15, 0.2) is 0 Å². The monoisotopic (exact) mass is 398 g/mol. The molecule has 150 valence electrons. The summed E-state index contributed by atoms with van der Waals surface area (Å²) in [4.78, 5) is 24.3. The number of aryl methyl sites for hydroxylation is 2. The van der Waals surface area contributed by atoms with Crippen LogP contribution in [0.2, 0.25) is 0 Å². The number of amides is 2. The first-order chi connectivity index (χ1) is 14.5. The number of benzene rings is 3. The van der Waals surface area contributed by atoms with Crippen LogP contribution in [-0.2, 0) is 0 Å². The molecule has 0 unspecified atom stereocenters. The molecule has 0 fully saturated rings. The lowest BCUT2D eigenvalue weighted by molar-refractivity contribution is 0.0943. The second-order valence-electron chi connectivity index (χ2n) is 6.80. The van der Waals surface area contributed by atoms with E-state index >= 15 is 0 Å². The molecular formula is C24H22N4O2. The molecule has 0 aromatic heterocycles. The molecule has 0 bridgehead atoms. The standard InChI is InChI=1S/C24H22N4O2/c1-17-3-7-19(8-4-17)15-25-27-23(29)21-11-13-22(14-12-21)24(30)28-26-16-20-9-5-18(2)6-10-20/h3-16H,1-2H3,(H,27,29)(H,28,30). The summed E-state index contributed by atoms with van der Waals surface area (Å²) in [6.07, 6.45) is 3.15. The smallest absolute Gasteiger partial charge is 0.267 e. The Kier molecular flexibility index (Phi) is 6.84. The fourth-order valence-electron chi connectivity index (χ4n) is 2.54. The van der Waals surface area contributed by atoms with Crippen LogP contribution in [-0.4, -0.2) is 24.2 Å². The zero-order valence-corrected chi connectivity index (χ0v) is 16.8. The van der Waals surface area contributed by atoms with Crippen molar-refractivity contribution in [3.63, 3.8) is 0 Å². The van der Waals surface area contributed by atoms with Gasteiger partial charge in [-0.3, -0.25) is 9.59 Å². The summed E-state index contributed by atoms with van der Waals surface area (Å²) in [5.74, 6) is -0.717. The minimum atomic E-state index is -0.359. The summed E-state index contributed by atoms with van der Waals surface area (Å²) in [5, 5.41) is 7.91. The largest absolute Gasteiger partial charge is 0.271 e. The Balaban J connectivity index is 1.53. The van der Waals surface area contributed by atoms with E-state index in [9.17, 15) is 9.59 Å². The second-order valence-corrected chi connectivity index (χ2v) is 6.80. The van der Waals surface area contributed by atoms with Crippen LogP contribution in [0.15, 0.2) is 83.0 Å². The lowest BCUT2D eigenvalue weighted by Gasteiger charge is -2.03. The van der Waals surface area contributed by atoms with Gasteiger partial charge in [-0.05, 0) is 49.2 Å². The van der Waals surface area contributed by atoms with E-state index in [2.05, 4.69) is 21.1 Å². The predicted octanol–water partition coefficient (Wildman–Crippen LogP) is 3.83. The molecule has 0 aliphatic rings. The van der Waals surface area contributed by atoms with Crippen LogP contribution in [0.3, 0.4) is 0 Å². The molecule has 0 aliphatic heterocycles. The van der Waals surface area contributed by atoms with Gasteiger partial charge in [-0.2, -0.15) is 10.2 Å². The molecular weight excluding hydrogens is 376 g/mol. The highest BCUT2D eigenvalue weighted by atomic mass is 16.2. The van der Waals surface area contributed by atoms with E-state index in [1.54, 1.807) is 36.7 Å². The van der Waals surface area contributed by atoms with Crippen molar-refractivity contribution in [2.75, 3.05) is 0 Å². The van der Waals surface area contributed by atoms with Crippen molar-refractivity contribution >= 4 is 24.2 Å². The van der Waals surface area contributed by atoms with Crippen LogP contribution in [0, 0.1) is 13.8 Å². The number of nitrogens with one attached hydrogen (secondary N) is 2. The molecule has 0 aliphatic carbocycles. The van der Waals surface area contributed by atoms with E-state index in [1.165, 1.54) is 0 Å². The summed E-state index contributed by atoms with van der Waals surface area (Å²) in [5.41, 5.74) is 9.83. The summed E-state index contributed by atoms with van der Waals surface area (Å²) < 4.78 is 0. The Labute approximate surface area is 175 Å². The van der Waals surface area contributed by atoms with Crippen molar-refractivity contribution in [2.24, 2.45) is 10.2 Å². The Morgan fingerprint density at radius 2 is 0.933 bits per heavy atom. The summed E-state index contributed by atoms with van der Waals surface area (Å²) in [6.45, 7) is 4.01. The average molecular weight is 398 g/mol. The highest BCUT2D eigenvalue weighted by Crippen LogP contribution is 2.05. The van der Waals surface area contributed by atoms with Gasteiger partial charge in [0.1, 0.15) is 0 Å². The average Bonchev–Trinajstić information content (AvgIpc) is 2.76. The summed E-state index contributed by atoms with van der Waals surface area (Å²) >= 11 is 0. The van der Waals surface area contributed by atoms with Crippen molar-refractivity contribution in [1.29, 1.82) is 0 Å². The van der Waals surface area contributed by atoms with Crippen molar-refractivity contribution in [3.05, 3.63) is 106 Å². The predicted molar refractivity (Wildman–Crippen MR) is 119 cm³/mol. The molecule has 3 aromatic carbocycles. The van der Waals surface area contributed by atoms with Crippen LogP contribution in [0.1, 0.15) is 43.0 Å². The van der Waals surface area contributed by atoms with E-state index in [1.807, 2.05) is 62.4 Å². The maximum atomic E-state index is 12.2. The van der Waals surface area contributed by atoms with Crippen LogP contribution in [0.4, 0.5) is 0 Å². The van der Waals surface area contributed by atoms with Crippen molar-refractivity contribution in [1.82, 2.24) is 10.9 Å². The van der Waals surface area contributed by atoms with Gasteiger partial charge in [-0.15, -0.1) is 0 Å². The number of carbonyl (C=O) groups is 2. The maximum Gasteiger partial charge on any atom is 0.271 e. The first-order valence-corrected chi connectivity index (χ1v) is 9.41. The topological polar surface area (TPSA) is 82.9 Å². The molecule has 6 nitrogen and oxygen atoms in total. The zero-order valence-electron chi connectivity index (χ0n) is 16.8. The van der Waals surface area contributed by atoms with E-state index in [0.717, 1.165) is 22.3 Å². The normalized spacial score (nSPS) is 11.0. The highest BCUT2D eigenvalue weighted by molar-refractivity contribution is 5.98. The molecule has 3 rings (SSSR count). The van der Waals surface area contributed by atoms with Gasteiger partial charge in [0.25, 0.3) is 11.8 Å². The van der Waals surface area contributed by atoms with Gasteiger partial charge >= 0.3 is 0 Å². The molecule has 2 N–H and O–H groups in total. The van der Waals surface area contributed by atoms with Gasteiger partial charge < -0.3 is 0 Å². The van der Waals surface area contributed by atoms with Crippen molar-refractivity contribution in [2.45, 2.75) is 13.8 Å². The molecule has 0 heterocycles. The number of rotatable bonds is 6. The quantitative estimate of drug-likeness (QED) is 0.489. The van der Waals surface area contributed by atoms with Gasteiger partial charge in [-0.25, -0.2) is 10.9 Å². The number of hydrogen-bond donors (Lipinski definition) is 2. The lowest BCUT2D eigenvalue weighted by atomic mass is 10.1. The van der Waals surface area contributed by atoms with Crippen LogP contribution in [0.25, 0.3) is 0 Å². The molecule has 30 heavy (non-hydrogen) atoms. The number of hydrazone groups is 2. The van der Waals surface area contributed by atoms with Gasteiger partial charge in [0.2, 0.25) is 0 Å². The van der Waals surface area contributed by atoms with Crippen molar-refractivity contribution in [3.8, 4) is 0 Å². The minimum absolute atomic E-state index is 0.359. The minimum Gasteiger partial charge on any atom is -0.267 e. The third-order valence-corrected chi connectivity index (χ3v) is 4.32. The molecule has 2 amide bonds. The third-order valence-electron chi connectivity index (χ3n) is 4.32. The van der Waals surface area contributed by atoms with E-state index in [-0.39, 0.29) is 11.8 Å². The number of hydrogen-bond acceptors (Lipinski definition) is 4. The molecule has 0 saturated heterocycles. The van der Waals surface area contributed by atoms with Crippen LogP contribution < -0.4 is 10.9 Å². The van der Waals surface area contributed by atoms with E-state index in [4.69, 9.17) is 0 Å². The van der Waals surface area contributed by atoms with Gasteiger partial charge in [0, 0.05) is 11.1 Å². The molecule has 0 atom stereocenters. The highest BCUT2D eigenvalue weighted by Gasteiger charge is 2.08. The fourth-order valence-corrected chi connectivity index (χ4v) is 2.54. The molecule has 0 radical (unpaired) electrons. The number of carbonyl (C=O) groups excluding carboxylic acids is 2. The van der Waals surface area contributed by atoms with Crippen LogP contribution >= 0.6 is 0 Å². The Bertz CT molecular complexity index is 979. The lowest BCUT2D eigenvalue weighted by Crippen LogP contribution is -2.19. The zero-order chi connectivity index (χ0) is 21.3. The van der Waals surface area contributed by atoms with E-state index in [0.29, 0.717) is 11.1 Å². The van der Waals surface area contributed by atoms with Gasteiger partial charge in [0.05, 0.1) is 12.4 Å². The Morgan fingerprint density at radius 3 is 1.27 bits per heavy atom. The second kappa shape index (κ2) is 9.93. The molecule has 6 heteroatoms. The SMILES string of the molecule is Cc1ccc(C=NNC(=O)c2ccc(C(=O)NN=Cc3ccc(C)cc3)cc2)cc1. The molecule has 0 saturated carbocycles. The maximum absolute atomic E-state index is 12.2. The summed E-state index contributed by atoms with van der Waals surface area (Å²) in [6, 6.07) is 21.8. The van der Waals surface area contributed by atoms with Gasteiger partial charge in [-0.1, -0.05) is 59.7 Å². The van der Waals surface area contributed by atoms with E-state index < -0.39 is 0 Å². The first-order valence-electron chi connectivity index (χ1n) is 9.41. The Morgan fingerprint density at radius 1 is 0.600 bits per heavy atom. The fraction of sp³-hybridized carbons (Fsp3) is 0.0833. The first kappa shape index (κ1) is 20.7. The number of nitrogens with zero attached hydrogens (tertiary/aromatic N) is 2. The summed E-state index contributed by atoms with van der Waals surface area (Å²) in [7, 11) is 0. The Hall–Kier alpha value is -4.06.